The molecule has 31 heavy (non-hydrogen) atoms. The predicted molar refractivity (Wildman–Crippen MR) is 123 cm³/mol. The first-order chi connectivity index (χ1) is 15.0. The van der Waals surface area contributed by atoms with E-state index < -0.39 is 0 Å². The lowest BCUT2D eigenvalue weighted by Crippen LogP contribution is -2.38. The van der Waals surface area contributed by atoms with Crippen molar-refractivity contribution in [1.82, 2.24) is 9.97 Å². The molecule has 6 heteroatoms. The molecule has 160 valence electrons. The maximum atomic E-state index is 12.8. The Kier molecular flexibility index (Phi) is 6.16. The average Bonchev–Trinajstić information content (AvgIpc) is 2.75. The summed E-state index contributed by atoms with van der Waals surface area (Å²) >= 11 is 0. The lowest BCUT2D eigenvalue weighted by atomic mass is 9.95. The van der Waals surface area contributed by atoms with Gasteiger partial charge in [-0.3, -0.25) is 4.79 Å². The Morgan fingerprint density at radius 2 is 1.68 bits per heavy atom. The van der Waals surface area contributed by atoms with Crippen LogP contribution in [0.1, 0.15) is 29.5 Å². The van der Waals surface area contributed by atoms with Crippen LogP contribution in [-0.4, -0.2) is 29.0 Å². The molecular formula is C25H28N4O2. The van der Waals surface area contributed by atoms with Gasteiger partial charge in [-0.05, 0) is 68.5 Å². The van der Waals surface area contributed by atoms with E-state index in [1.165, 1.54) is 0 Å². The SMILES string of the molecule is Cc1cc(C)cc(NC(=O)C2CCN(c3nccnc3Oc3ccccc3C)CC2)c1. The standard InChI is InChI=1S/C25H28N4O2/c1-17-14-18(2)16-21(15-17)28-24(30)20-8-12-29(13-9-20)23-25(27-11-10-26-23)31-22-7-5-4-6-19(22)3/h4-7,10-11,14-16,20H,8-9,12-13H2,1-3H3,(H,28,30). The van der Waals surface area contributed by atoms with Crippen LogP contribution in [0.5, 0.6) is 11.6 Å². The van der Waals surface area contributed by atoms with Gasteiger partial charge in [0.05, 0.1) is 0 Å². The predicted octanol–water partition coefficient (Wildman–Crippen LogP) is 5.05. The van der Waals surface area contributed by atoms with Gasteiger partial charge in [-0.1, -0.05) is 24.3 Å². The summed E-state index contributed by atoms with van der Waals surface area (Å²) in [5.41, 5.74) is 4.21. The summed E-state index contributed by atoms with van der Waals surface area (Å²) in [7, 11) is 0. The Hall–Kier alpha value is -3.41. The molecule has 6 nitrogen and oxygen atoms in total. The fourth-order valence-corrected chi connectivity index (χ4v) is 4.03. The zero-order valence-electron chi connectivity index (χ0n) is 18.3. The van der Waals surface area contributed by atoms with Crippen molar-refractivity contribution in [3.05, 3.63) is 71.5 Å². The van der Waals surface area contributed by atoms with E-state index in [2.05, 4.69) is 26.3 Å². The molecule has 0 aliphatic carbocycles. The van der Waals surface area contributed by atoms with Crippen LogP contribution < -0.4 is 15.0 Å². The van der Waals surface area contributed by atoms with Gasteiger partial charge in [0.15, 0.2) is 5.82 Å². The molecule has 2 aromatic carbocycles. The Morgan fingerprint density at radius 3 is 2.39 bits per heavy atom. The Bertz CT molecular complexity index is 1050. The summed E-state index contributed by atoms with van der Waals surface area (Å²) in [6, 6.07) is 14.0. The maximum absolute atomic E-state index is 12.8. The lowest BCUT2D eigenvalue weighted by molar-refractivity contribution is -0.120. The minimum atomic E-state index is -0.0190. The number of ether oxygens (including phenoxy) is 1. The molecule has 1 aromatic heterocycles. The van der Waals surface area contributed by atoms with Gasteiger partial charge in [-0.15, -0.1) is 0 Å². The summed E-state index contributed by atoms with van der Waals surface area (Å²) in [5, 5.41) is 3.09. The van der Waals surface area contributed by atoms with Crippen LogP contribution in [0, 0.1) is 26.7 Å². The summed E-state index contributed by atoms with van der Waals surface area (Å²) < 4.78 is 6.07. The van der Waals surface area contributed by atoms with Gasteiger partial charge in [0, 0.05) is 37.1 Å². The Morgan fingerprint density at radius 1 is 1.00 bits per heavy atom. The van der Waals surface area contributed by atoms with Crippen LogP contribution in [0.25, 0.3) is 0 Å². The van der Waals surface area contributed by atoms with Gasteiger partial charge in [0.2, 0.25) is 5.91 Å². The molecule has 0 spiro atoms. The first-order valence-corrected chi connectivity index (χ1v) is 10.7. The summed E-state index contributed by atoms with van der Waals surface area (Å²) in [5.74, 6) is 2.05. The monoisotopic (exact) mass is 416 g/mol. The van der Waals surface area contributed by atoms with E-state index in [1.807, 2.05) is 57.2 Å². The largest absolute Gasteiger partial charge is 0.436 e. The molecular weight excluding hydrogens is 388 g/mol. The first kappa shape index (κ1) is 20.8. The number of carbonyl (C=O) groups excluding carboxylic acids is 1. The van der Waals surface area contributed by atoms with Crippen molar-refractivity contribution >= 4 is 17.4 Å². The minimum Gasteiger partial charge on any atom is -0.436 e. The highest BCUT2D eigenvalue weighted by molar-refractivity contribution is 5.92. The van der Waals surface area contributed by atoms with E-state index in [0.717, 1.165) is 59.9 Å². The van der Waals surface area contributed by atoms with E-state index in [0.29, 0.717) is 5.88 Å². The third-order valence-corrected chi connectivity index (χ3v) is 5.60. The Balaban J connectivity index is 1.41. The third-order valence-electron chi connectivity index (χ3n) is 5.60. The van der Waals surface area contributed by atoms with Crippen molar-refractivity contribution in [3.8, 4) is 11.6 Å². The van der Waals surface area contributed by atoms with E-state index in [-0.39, 0.29) is 11.8 Å². The topological polar surface area (TPSA) is 67.4 Å². The molecule has 3 aromatic rings. The number of hydrogen-bond acceptors (Lipinski definition) is 5. The molecule has 1 fully saturated rings. The van der Waals surface area contributed by atoms with E-state index in [1.54, 1.807) is 12.4 Å². The number of nitrogens with one attached hydrogen (secondary N) is 1. The fraction of sp³-hybridized carbons (Fsp3) is 0.320. The molecule has 0 radical (unpaired) electrons. The highest BCUT2D eigenvalue weighted by atomic mass is 16.5. The number of anilines is 2. The second kappa shape index (κ2) is 9.16. The highest BCUT2D eigenvalue weighted by Gasteiger charge is 2.27. The number of benzene rings is 2. The van der Waals surface area contributed by atoms with Gasteiger partial charge >= 0.3 is 0 Å². The van der Waals surface area contributed by atoms with Crippen LogP contribution in [0.2, 0.25) is 0 Å². The zero-order chi connectivity index (χ0) is 21.8. The molecule has 0 unspecified atom stereocenters. The normalized spacial score (nSPS) is 14.4. The van der Waals surface area contributed by atoms with E-state index >= 15 is 0 Å². The minimum absolute atomic E-state index is 0.0190. The lowest BCUT2D eigenvalue weighted by Gasteiger charge is -2.32. The van der Waals surface area contributed by atoms with Crippen molar-refractivity contribution in [2.45, 2.75) is 33.6 Å². The number of aryl methyl sites for hydroxylation is 3. The van der Waals surface area contributed by atoms with E-state index in [9.17, 15) is 4.79 Å². The summed E-state index contributed by atoms with van der Waals surface area (Å²) in [6.07, 6.45) is 4.84. The molecule has 2 heterocycles. The third kappa shape index (κ3) is 5.02. The van der Waals surface area contributed by atoms with Gasteiger partial charge in [0.1, 0.15) is 5.75 Å². The number of aromatic nitrogens is 2. The molecule has 0 saturated carbocycles. The number of rotatable bonds is 5. The molecule has 1 N–H and O–H groups in total. The summed E-state index contributed by atoms with van der Waals surface area (Å²) in [6.45, 7) is 7.55. The van der Waals surface area contributed by atoms with Crippen LogP contribution >= 0.6 is 0 Å². The molecule has 1 saturated heterocycles. The number of hydrogen-bond donors (Lipinski definition) is 1. The first-order valence-electron chi connectivity index (χ1n) is 10.7. The van der Waals surface area contributed by atoms with Crippen molar-refractivity contribution in [2.75, 3.05) is 23.3 Å². The van der Waals surface area contributed by atoms with Crippen LogP contribution in [-0.2, 0) is 4.79 Å². The molecule has 1 aliphatic rings. The van der Waals surface area contributed by atoms with Crippen molar-refractivity contribution < 1.29 is 9.53 Å². The molecule has 4 rings (SSSR count). The number of para-hydroxylation sites is 1. The average molecular weight is 417 g/mol. The van der Waals surface area contributed by atoms with Crippen molar-refractivity contribution in [1.29, 1.82) is 0 Å². The van der Waals surface area contributed by atoms with Gasteiger partial charge in [-0.2, -0.15) is 0 Å². The molecule has 0 atom stereocenters. The van der Waals surface area contributed by atoms with Crippen molar-refractivity contribution in [3.63, 3.8) is 0 Å². The number of carbonyl (C=O) groups is 1. The number of nitrogens with zero attached hydrogens (tertiary/aromatic N) is 3. The van der Waals surface area contributed by atoms with Crippen LogP contribution in [0.4, 0.5) is 11.5 Å². The smallest absolute Gasteiger partial charge is 0.263 e. The van der Waals surface area contributed by atoms with Gasteiger partial charge in [-0.25, -0.2) is 9.97 Å². The number of piperidine rings is 1. The van der Waals surface area contributed by atoms with Crippen molar-refractivity contribution in [2.24, 2.45) is 5.92 Å². The molecule has 1 amide bonds. The van der Waals surface area contributed by atoms with Gasteiger partial charge in [0.25, 0.3) is 5.88 Å². The molecule has 1 aliphatic heterocycles. The maximum Gasteiger partial charge on any atom is 0.263 e. The van der Waals surface area contributed by atoms with Crippen LogP contribution in [0.3, 0.4) is 0 Å². The second-order valence-electron chi connectivity index (χ2n) is 8.18. The quantitative estimate of drug-likeness (QED) is 0.630. The molecule has 0 bridgehead atoms. The summed E-state index contributed by atoms with van der Waals surface area (Å²) in [4.78, 5) is 23.9. The zero-order valence-corrected chi connectivity index (χ0v) is 18.3. The number of amides is 1. The Labute approximate surface area is 183 Å². The fourth-order valence-electron chi connectivity index (χ4n) is 4.03. The van der Waals surface area contributed by atoms with Gasteiger partial charge < -0.3 is 15.0 Å². The highest BCUT2D eigenvalue weighted by Crippen LogP contribution is 2.32. The van der Waals surface area contributed by atoms with E-state index in [4.69, 9.17) is 4.74 Å². The van der Waals surface area contributed by atoms with Crippen LogP contribution in [0.15, 0.2) is 54.9 Å². The second-order valence-corrected chi connectivity index (χ2v) is 8.18.